The first-order valence-electron chi connectivity index (χ1n) is 6.30. The minimum atomic E-state index is -0.966. The van der Waals surface area contributed by atoms with Gasteiger partial charge in [-0.05, 0) is 24.1 Å². The Morgan fingerprint density at radius 1 is 1.32 bits per heavy atom. The highest BCUT2D eigenvalue weighted by Crippen LogP contribution is 2.36. The van der Waals surface area contributed by atoms with Gasteiger partial charge in [0.1, 0.15) is 6.04 Å². The third-order valence-corrected chi connectivity index (χ3v) is 3.64. The first-order chi connectivity index (χ1) is 8.95. The summed E-state index contributed by atoms with van der Waals surface area (Å²) in [6, 6.07) is 5.31. The van der Waals surface area contributed by atoms with E-state index in [-0.39, 0.29) is 12.3 Å². The van der Waals surface area contributed by atoms with E-state index in [0.29, 0.717) is 0 Å². The molecule has 1 N–H and O–H groups in total. The molecule has 19 heavy (non-hydrogen) atoms. The zero-order chi connectivity index (χ0) is 14.2. The SMILES string of the molecule is CCc1ccc2c(c1)N(C)C(=O)C(CC(=O)O)N2C. The fourth-order valence-corrected chi connectivity index (χ4v) is 2.42. The van der Waals surface area contributed by atoms with Crippen LogP contribution in [0.1, 0.15) is 18.9 Å². The average molecular weight is 262 g/mol. The molecule has 0 spiro atoms. The molecule has 1 amide bonds. The predicted octanol–water partition coefficient (Wildman–Crippen LogP) is 1.50. The molecule has 5 nitrogen and oxygen atoms in total. The fourth-order valence-electron chi connectivity index (χ4n) is 2.42. The highest BCUT2D eigenvalue weighted by atomic mass is 16.4. The number of fused-ring (bicyclic) bond motifs is 1. The third-order valence-electron chi connectivity index (χ3n) is 3.64. The average Bonchev–Trinajstić information content (AvgIpc) is 2.40. The molecular formula is C14H18N2O3. The molecule has 0 aliphatic carbocycles. The fraction of sp³-hybridized carbons (Fsp3) is 0.429. The highest BCUT2D eigenvalue weighted by Gasteiger charge is 2.35. The molecule has 2 rings (SSSR count). The van der Waals surface area contributed by atoms with Crippen molar-refractivity contribution in [3.8, 4) is 0 Å². The van der Waals surface area contributed by atoms with Crippen LogP contribution < -0.4 is 9.80 Å². The van der Waals surface area contributed by atoms with E-state index < -0.39 is 12.0 Å². The van der Waals surface area contributed by atoms with E-state index in [1.54, 1.807) is 23.9 Å². The third kappa shape index (κ3) is 2.28. The minimum Gasteiger partial charge on any atom is -0.481 e. The maximum absolute atomic E-state index is 12.3. The Labute approximate surface area is 112 Å². The van der Waals surface area contributed by atoms with Gasteiger partial charge in [0.15, 0.2) is 0 Å². The van der Waals surface area contributed by atoms with Crippen molar-refractivity contribution in [2.75, 3.05) is 23.9 Å². The number of carboxylic acid groups (broad SMARTS) is 1. The van der Waals surface area contributed by atoms with Gasteiger partial charge in [-0.1, -0.05) is 13.0 Å². The lowest BCUT2D eigenvalue weighted by Gasteiger charge is -2.39. The zero-order valence-corrected chi connectivity index (χ0v) is 11.4. The second-order valence-corrected chi connectivity index (χ2v) is 4.80. The standard InChI is InChI=1S/C14H18N2O3/c1-4-9-5-6-10-11(7-9)16(3)14(19)12(15(10)2)8-13(17)18/h5-7,12H,4,8H2,1-3H3,(H,17,18). The number of likely N-dealkylation sites (N-methyl/N-ethyl adjacent to an activating group) is 2. The molecule has 0 fully saturated rings. The van der Waals surface area contributed by atoms with Crippen molar-refractivity contribution in [1.82, 2.24) is 0 Å². The lowest BCUT2D eigenvalue weighted by atomic mass is 10.0. The monoisotopic (exact) mass is 262 g/mol. The number of hydrogen-bond acceptors (Lipinski definition) is 3. The van der Waals surface area contributed by atoms with E-state index in [2.05, 4.69) is 6.92 Å². The number of aliphatic carboxylic acids is 1. The van der Waals surface area contributed by atoms with Crippen molar-refractivity contribution < 1.29 is 14.7 Å². The number of carbonyl (C=O) groups excluding carboxylic acids is 1. The van der Waals surface area contributed by atoms with Crippen molar-refractivity contribution in [3.05, 3.63) is 23.8 Å². The van der Waals surface area contributed by atoms with Crippen LogP contribution in [0.15, 0.2) is 18.2 Å². The predicted molar refractivity (Wildman–Crippen MR) is 73.7 cm³/mol. The molecule has 1 aliphatic heterocycles. The van der Waals surface area contributed by atoms with E-state index in [9.17, 15) is 9.59 Å². The topological polar surface area (TPSA) is 60.9 Å². The Balaban J connectivity index is 2.45. The molecule has 102 valence electrons. The second kappa shape index (κ2) is 4.91. The van der Waals surface area contributed by atoms with Gasteiger partial charge >= 0.3 is 5.97 Å². The normalized spacial score (nSPS) is 18.5. The summed E-state index contributed by atoms with van der Waals surface area (Å²) in [6.07, 6.45) is 0.715. The van der Waals surface area contributed by atoms with E-state index in [1.165, 1.54) is 0 Å². The van der Waals surface area contributed by atoms with Gasteiger partial charge in [0.25, 0.3) is 0 Å². The molecular weight excluding hydrogens is 244 g/mol. The van der Waals surface area contributed by atoms with E-state index >= 15 is 0 Å². The van der Waals surface area contributed by atoms with Crippen LogP contribution >= 0.6 is 0 Å². The molecule has 0 saturated carbocycles. The molecule has 1 aliphatic rings. The van der Waals surface area contributed by atoms with Gasteiger partial charge in [-0.15, -0.1) is 0 Å². The molecule has 1 aromatic carbocycles. The van der Waals surface area contributed by atoms with Crippen molar-refractivity contribution in [2.45, 2.75) is 25.8 Å². The first-order valence-corrected chi connectivity index (χ1v) is 6.30. The zero-order valence-electron chi connectivity index (χ0n) is 11.4. The molecule has 5 heteroatoms. The Kier molecular flexibility index (Phi) is 3.46. The quantitative estimate of drug-likeness (QED) is 0.897. The number of nitrogens with zero attached hydrogens (tertiary/aromatic N) is 2. The van der Waals surface area contributed by atoms with Crippen LogP contribution in [0, 0.1) is 0 Å². The maximum atomic E-state index is 12.3. The van der Waals surface area contributed by atoms with Gasteiger partial charge in [-0.2, -0.15) is 0 Å². The number of carboxylic acids is 1. The lowest BCUT2D eigenvalue weighted by molar-refractivity contribution is -0.139. The number of rotatable bonds is 3. The summed E-state index contributed by atoms with van der Waals surface area (Å²) in [5, 5.41) is 8.92. The number of carbonyl (C=O) groups is 2. The number of aryl methyl sites for hydroxylation is 1. The van der Waals surface area contributed by atoms with Gasteiger partial charge < -0.3 is 14.9 Å². The molecule has 0 bridgehead atoms. The summed E-state index contributed by atoms with van der Waals surface area (Å²) < 4.78 is 0. The van der Waals surface area contributed by atoms with Crippen LogP contribution in [0.3, 0.4) is 0 Å². The summed E-state index contributed by atoms with van der Waals surface area (Å²) in [5.41, 5.74) is 2.89. The van der Waals surface area contributed by atoms with Crippen molar-refractivity contribution in [2.24, 2.45) is 0 Å². The number of anilines is 2. The van der Waals surface area contributed by atoms with Crippen LogP contribution in [0.25, 0.3) is 0 Å². The number of benzene rings is 1. The lowest BCUT2D eigenvalue weighted by Crippen LogP contribution is -2.51. The van der Waals surface area contributed by atoms with E-state index in [1.807, 2.05) is 18.2 Å². The molecule has 0 aromatic heterocycles. The maximum Gasteiger partial charge on any atom is 0.305 e. The van der Waals surface area contributed by atoms with Gasteiger partial charge in [-0.3, -0.25) is 9.59 Å². The van der Waals surface area contributed by atoms with Crippen LogP contribution in [0.5, 0.6) is 0 Å². The van der Waals surface area contributed by atoms with Gasteiger partial charge in [0.05, 0.1) is 17.8 Å². The van der Waals surface area contributed by atoms with Crippen LogP contribution in [0.2, 0.25) is 0 Å². The number of amides is 1. The van der Waals surface area contributed by atoms with Gasteiger partial charge in [0, 0.05) is 14.1 Å². The van der Waals surface area contributed by atoms with Gasteiger partial charge in [-0.25, -0.2) is 0 Å². The molecule has 0 saturated heterocycles. The first kappa shape index (κ1) is 13.4. The highest BCUT2D eigenvalue weighted by molar-refractivity contribution is 6.06. The summed E-state index contributed by atoms with van der Waals surface area (Å²) in [7, 11) is 3.46. The Hall–Kier alpha value is -2.04. The molecule has 0 radical (unpaired) electrons. The van der Waals surface area contributed by atoms with Crippen LogP contribution in [-0.4, -0.2) is 37.1 Å². The summed E-state index contributed by atoms with van der Waals surface area (Å²) >= 11 is 0. The van der Waals surface area contributed by atoms with Crippen LogP contribution in [0.4, 0.5) is 11.4 Å². The van der Waals surface area contributed by atoms with Crippen molar-refractivity contribution >= 4 is 23.3 Å². The Morgan fingerprint density at radius 2 is 2.00 bits per heavy atom. The van der Waals surface area contributed by atoms with Crippen molar-refractivity contribution in [1.29, 1.82) is 0 Å². The Morgan fingerprint density at radius 3 is 2.58 bits per heavy atom. The van der Waals surface area contributed by atoms with Crippen molar-refractivity contribution in [3.63, 3.8) is 0 Å². The molecule has 1 unspecified atom stereocenters. The second-order valence-electron chi connectivity index (χ2n) is 4.80. The largest absolute Gasteiger partial charge is 0.481 e. The molecule has 1 aromatic rings. The summed E-state index contributed by atoms with van der Waals surface area (Å²) in [5.74, 6) is -1.14. The smallest absolute Gasteiger partial charge is 0.305 e. The Bertz CT molecular complexity index is 527. The van der Waals surface area contributed by atoms with E-state index in [0.717, 1.165) is 23.4 Å². The minimum absolute atomic E-state index is 0.175. The number of hydrogen-bond donors (Lipinski definition) is 1. The molecule has 1 heterocycles. The summed E-state index contributed by atoms with van der Waals surface area (Å²) in [4.78, 5) is 26.4. The van der Waals surface area contributed by atoms with E-state index in [4.69, 9.17) is 5.11 Å². The summed E-state index contributed by atoms with van der Waals surface area (Å²) in [6.45, 7) is 2.06. The molecule has 1 atom stereocenters. The van der Waals surface area contributed by atoms with Gasteiger partial charge in [0.2, 0.25) is 5.91 Å². The van der Waals surface area contributed by atoms with Crippen LogP contribution in [-0.2, 0) is 16.0 Å².